The first-order valence-corrected chi connectivity index (χ1v) is 10.2. The molecule has 4 rings (SSSR count). The van der Waals surface area contributed by atoms with Gasteiger partial charge in [0, 0.05) is 35.9 Å². The molecule has 2 heterocycles. The van der Waals surface area contributed by atoms with E-state index < -0.39 is 17.2 Å². The first kappa shape index (κ1) is 22.1. The van der Waals surface area contributed by atoms with Crippen LogP contribution in [0.5, 0.6) is 5.75 Å². The molecule has 2 aromatic carbocycles. The molecule has 33 heavy (non-hydrogen) atoms. The van der Waals surface area contributed by atoms with Gasteiger partial charge in [0.25, 0.3) is 11.5 Å². The molecule has 0 aliphatic heterocycles. The van der Waals surface area contributed by atoms with Crippen molar-refractivity contribution < 1.29 is 9.53 Å². The predicted octanol–water partition coefficient (Wildman–Crippen LogP) is 2.80. The van der Waals surface area contributed by atoms with Gasteiger partial charge in [-0.2, -0.15) is 0 Å². The summed E-state index contributed by atoms with van der Waals surface area (Å²) in [5, 5.41) is 3.13. The van der Waals surface area contributed by atoms with Crippen LogP contribution in [0.15, 0.2) is 58.1 Å². The van der Waals surface area contributed by atoms with E-state index >= 15 is 0 Å². The van der Waals surface area contributed by atoms with Crippen LogP contribution in [0.1, 0.15) is 10.4 Å². The van der Waals surface area contributed by atoms with E-state index in [0.29, 0.717) is 22.0 Å². The van der Waals surface area contributed by atoms with Crippen molar-refractivity contribution in [1.82, 2.24) is 14.1 Å². The van der Waals surface area contributed by atoms with Gasteiger partial charge in [-0.05, 0) is 30.3 Å². The molecular formula is C23H20ClN5O4. The van der Waals surface area contributed by atoms with Crippen LogP contribution in [0, 0.1) is 0 Å². The van der Waals surface area contributed by atoms with Crippen molar-refractivity contribution in [3.05, 3.63) is 80.0 Å². The Morgan fingerprint density at radius 3 is 2.36 bits per heavy atom. The largest absolute Gasteiger partial charge is 0.497 e. The molecule has 2 aromatic heterocycles. The number of nitrogens with two attached hydrogens (primary N) is 1. The van der Waals surface area contributed by atoms with Crippen LogP contribution >= 0.6 is 11.6 Å². The van der Waals surface area contributed by atoms with Crippen molar-refractivity contribution in [1.29, 1.82) is 0 Å². The number of carbonyl (C=O) groups excluding carboxylic acids is 1. The van der Waals surface area contributed by atoms with Crippen molar-refractivity contribution in [2.45, 2.75) is 0 Å². The quantitative estimate of drug-likeness (QED) is 0.478. The van der Waals surface area contributed by atoms with Crippen LogP contribution in [-0.2, 0) is 14.1 Å². The lowest BCUT2D eigenvalue weighted by molar-refractivity contribution is 0.102. The molecule has 0 radical (unpaired) electrons. The van der Waals surface area contributed by atoms with Crippen LogP contribution in [-0.4, -0.2) is 27.1 Å². The molecule has 0 atom stereocenters. The van der Waals surface area contributed by atoms with Crippen molar-refractivity contribution in [3.8, 4) is 16.9 Å². The average molecular weight is 466 g/mol. The minimum Gasteiger partial charge on any atom is -0.497 e. The lowest BCUT2D eigenvalue weighted by Gasteiger charge is -2.17. The van der Waals surface area contributed by atoms with Gasteiger partial charge in [0.2, 0.25) is 0 Å². The maximum absolute atomic E-state index is 13.4. The normalized spacial score (nSPS) is 10.9. The molecule has 0 spiro atoms. The number of aryl methyl sites for hydroxylation is 1. The monoisotopic (exact) mass is 465 g/mol. The van der Waals surface area contributed by atoms with Gasteiger partial charge < -0.3 is 15.8 Å². The lowest BCUT2D eigenvalue weighted by atomic mass is 9.96. The number of aromatic nitrogens is 3. The predicted molar refractivity (Wildman–Crippen MR) is 128 cm³/mol. The number of carbonyl (C=O) groups is 1. The van der Waals surface area contributed by atoms with Gasteiger partial charge in [-0.1, -0.05) is 29.8 Å². The summed E-state index contributed by atoms with van der Waals surface area (Å²) in [7, 11) is 4.37. The third-order valence-corrected chi connectivity index (χ3v) is 5.66. The van der Waals surface area contributed by atoms with Crippen molar-refractivity contribution in [2.75, 3.05) is 18.2 Å². The Hall–Kier alpha value is -4.11. The Morgan fingerprint density at radius 2 is 1.73 bits per heavy atom. The number of nitrogen functional groups attached to an aromatic ring is 1. The second-order valence-corrected chi connectivity index (χ2v) is 7.72. The Labute approximate surface area is 193 Å². The molecule has 1 amide bonds. The summed E-state index contributed by atoms with van der Waals surface area (Å²) in [5.41, 5.74) is 6.16. The second-order valence-electron chi connectivity index (χ2n) is 7.31. The molecule has 0 saturated heterocycles. The molecule has 0 bridgehead atoms. The van der Waals surface area contributed by atoms with Crippen LogP contribution < -0.4 is 27.0 Å². The molecule has 0 saturated carbocycles. The van der Waals surface area contributed by atoms with Crippen LogP contribution in [0.3, 0.4) is 0 Å². The van der Waals surface area contributed by atoms with Crippen LogP contribution in [0.4, 0.5) is 11.5 Å². The third-order valence-electron chi connectivity index (χ3n) is 5.33. The van der Waals surface area contributed by atoms with Crippen molar-refractivity contribution >= 4 is 40.0 Å². The molecular weight excluding hydrogens is 446 g/mol. The lowest BCUT2D eigenvalue weighted by Crippen LogP contribution is -2.38. The van der Waals surface area contributed by atoms with Crippen LogP contribution in [0.25, 0.3) is 22.2 Å². The minimum absolute atomic E-state index is 0.0258. The SMILES string of the molecule is COc1ccc(NC(=O)c2c(N)nc3c(c2-c2ccccc2Cl)c(=O)n(C)c(=O)n3C)cc1. The van der Waals surface area contributed by atoms with Crippen molar-refractivity contribution in [3.63, 3.8) is 0 Å². The fourth-order valence-electron chi connectivity index (χ4n) is 3.64. The van der Waals surface area contributed by atoms with E-state index in [1.807, 2.05) is 0 Å². The molecule has 4 aromatic rings. The summed E-state index contributed by atoms with van der Waals surface area (Å²) in [6, 6.07) is 13.5. The van der Waals surface area contributed by atoms with E-state index in [9.17, 15) is 14.4 Å². The molecule has 3 N–H and O–H groups in total. The number of hydrogen-bond acceptors (Lipinski definition) is 6. The molecule has 168 valence electrons. The highest BCUT2D eigenvalue weighted by molar-refractivity contribution is 6.34. The van der Waals surface area contributed by atoms with Gasteiger partial charge in [0.05, 0.1) is 18.1 Å². The zero-order valence-corrected chi connectivity index (χ0v) is 18.8. The van der Waals surface area contributed by atoms with E-state index in [0.717, 1.165) is 4.57 Å². The molecule has 0 aliphatic rings. The Morgan fingerprint density at radius 1 is 1.06 bits per heavy atom. The van der Waals surface area contributed by atoms with Gasteiger partial charge >= 0.3 is 5.69 Å². The van der Waals surface area contributed by atoms with E-state index in [1.54, 1.807) is 55.6 Å². The summed E-state index contributed by atoms with van der Waals surface area (Å²) in [6.45, 7) is 0. The summed E-state index contributed by atoms with van der Waals surface area (Å²) in [6.07, 6.45) is 0. The molecule has 9 nitrogen and oxygen atoms in total. The maximum atomic E-state index is 13.4. The number of hydrogen-bond donors (Lipinski definition) is 2. The summed E-state index contributed by atoms with van der Waals surface area (Å²) in [4.78, 5) is 43.3. The van der Waals surface area contributed by atoms with E-state index in [2.05, 4.69) is 10.3 Å². The van der Waals surface area contributed by atoms with E-state index in [4.69, 9.17) is 22.1 Å². The number of methoxy groups -OCH3 is 1. The Balaban J connectivity index is 2.05. The standard InChI is InChI=1S/C23H20ClN5O4/c1-28-20-18(22(31)29(2)23(28)32)16(14-6-4-5-7-15(14)24)17(19(25)27-20)21(30)26-12-8-10-13(33-3)11-9-12/h4-11H,1-3H3,(H2,25,27)(H,26,30). The number of nitrogens with one attached hydrogen (secondary N) is 1. The van der Waals surface area contributed by atoms with Gasteiger partial charge in [-0.25, -0.2) is 9.78 Å². The number of nitrogens with zero attached hydrogens (tertiary/aromatic N) is 3. The zero-order chi connectivity index (χ0) is 23.9. The summed E-state index contributed by atoms with van der Waals surface area (Å²) < 4.78 is 7.30. The van der Waals surface area contributed by atoms with Gasteiger partial charge in [0.15, 0.2) is 5.65 Å². The molecule has 0 unspecified atom stereocenters. The highest BCUT2D eigenvalue weighted by Crippen LogP contribution is 2.36. The second kappa shape index (κ2) is 8.44. The highest BCUT2D eigenvalue weighted by atomic mass is 35.5. The highest BCUT2D eigenvalue weighted by Gasteiger charge is 2.26. The van der Waals surface area contributed by atoms with Crippen molar-refractivity contribution in [2.24, 2.45) is 14.1 Å². The number of anilines is 2. The number of halogens is 1. The first-order valence-electron chi connectivity index (χ1n) is 9.84. The first-order chi connectivity index (χ1) is 15.7. The van der Waals surface area contributed by atoms with Gasteiger partial charge in [-0.15, -0.1) is 0 Å². The number of ether oxygens (including phenoxy) is 1. The van der Waals surface area contributed by atoms with E-state index in [-0.39, 0.29) is 28.0 Å². The van der Waals surface area contributed by atoms with Gasteiger partial charge in [0.1, 0.15) is 11.6 Å². The fourth-order valence-corrected chi connectivity index (χ4v) is 3.87. The topological polar surface area (TPSA) is 121 Å². The molecule has 10 heteroatoms. The summed E-state index contributed by atoms with van der Waals surface area (Å²) >= 11 is 6.46. The summed E-state index contributed by atoms with van der Waals surface area (Å²) in [5.74, 6) is -0.106. The molecule has 0 fully saturated rings. The van der Waals surface area contributed by atoms with E-state index in [1.165, 1.54) is 18.7 Å². The maximum Gasteiger partial charge on any atom is 0.332 e. The van der Waals surface area contributed by atoms with Gasteiger partial charge in [-0.3, -0.25) is 18.7 Å². The minimum atomic E-state index is -0.617. The molecule has 0 aliphatic carbocycles. The fraction of sp³-hybridized carbons (Fsp3) is 0.130. The Bertz CT molecular complexity index is 1520. The average Bonchev–Trinajstić information content (AvgIpc) is 2.81. The number of pyridine rings is 1. The zero-order valence-electron chi connectivity index (χ0n) is 18.0. The number of fused-ring (bicyclic) bond motifs is 1. The third kappa shape index (κ3) is 3.72. The number of rotatable bonds is 4. The Kier molecular flexibility index (Phi) is 5.65. The number of amides is 1. The van der Waals surface area contributed by atoms with Crippen LogP contribution in [0.2, 0.25) is 5.02 Å². The smallest absolute Gasteiger partial charge is 0.332 e. The number of benzene rings is 2.